The molecule has 0 aliphatic rings. The number of carbonyl (C=O) groups is 1. The molecule has 0 saturated carbocycles. The Morgan fingerprint density at radius 3 is 2.21 bits per heavy atom. The summed E-state index contributed by atoms with van der Waals surface area (Å²) in [5.74, 6) is -0.394. The molecule has 0 heterocycles. The first-order chi connectivity index (χ1) is 13.9. The molecule has 0 radical (unpaired) electrons. The summed E-state index contributed by atoms with van der Waals surface area (Å²) in [6.45, 7) is 1.80. The molecule has 1 amide bonds. The van der Waals surface area contributed by atoms with Gasteiger partial charge in [0, 0.05) is 11.6 Å². The summed E-state index contributed by atoms with van der Waals surface area (Å²) in [6, 6.07) is 22.4. The number of aryl methyl sites for hydroxylation is 1. The fourth-order valence-electron chi connectivity index (χ4n) is 2.86. The lowest BCUT2D eigenvalue weighted by Crippen LogP contribution is -2.41. The van der Waals surface area contributed by atoms with Gasteiger partial charge in [-0.1, -0.05) is 60.1 Å². The minimum Gasteiger partial charge on any atom is -0.350 e. The Bertz CT molecular complexity index is 1080. The van der Waals surface area contributed by atoms with Gasteiger partial charge in [-0.3, -0.25) is 9.10 Å². The second kappa shape index (κ2) is 9.11. The SMILES string of the molecule is Cc1ccccc1N(CC(=O)NCc1ccccc1)S(=O)(=O)c1ccc(Cl)cc1. The highest BCUT2D eigenvalue weighted by Gasteiger charge is 2.28. The number of hydrogen-bond donors (Lipinski definition) is 1. The van der Waals surface area contributed by atoms with E-state index in [-0.39, 0.29) is 11.4 Å². The monoisotopic (exact) mass is 428 g/mol. The van der Waals surface area contributed by atoms with Crippen LogP contribution < -0.4 is 9.62 Å². The predicted octanol–water partition coefficient (Wildman–Crippen LogP) is 4.16. The Balaban J connectivity index is 1.88. The lowest BCUT2D eigenvalue weighted by Gasteiger charge is -2.25. The van der Waals surface area contributed by atoms with Crippen molar-refractivity contribution in [3.63, 3.8) is 0 Å². The van der Waals surface area contributed by atoms with E-state index < -0.39 is 15.9 Å². The van der Waals surface area contributed by atoms with Crippen molar-refractivity contribution in [2.75, 3.05) is 10.8 Å². The van der Waals surface area contributed by atoms with Gasteiger partial charge >= 0.3 is 0 Å². The molecule has 5 nitrogen and oxygen atoms in total. The number of amides is 1. The van der Waals surface area contributed by atoms with Gasteiger partial charge in [0.15, 0.2) is 0 Å². The van der Waals surface area contributed by atoms with Gasteiger partial charge in [0.2, 0.25) is 5.91 Å². The zero-order valence-corrected chi connectivity index (χ0v) is 17.5. The van der Waals surface area contributed by atoms with E-state index in [0.717, 1.165) is 15.4 Å². The topological polar surface area (TPSA) is 66.5 Å². The standard InChI is InChI=1S/C22H21ClN2O3S/c1-17-7-5-6-10-21(17)25(29(27,28)20-13-11-19(23)12-14-20)16-22(26)24-15-18-8-3-2-4-9-18/h2-14H,15-16H2,1H3,(H,24,26). The van der Waals surface area contributed by atoms with E-state index in [2.05, 4.69) is 5.32 Å². The summed E-state index contributed by atoms with van der Waals surface area (Å²) in [7, 11) is -3.96. The molecule has 0 spiro atoms. The highest BCUT2D eigenvalue weighted by molar-refractivity contribution is 7.92. The molecule has 3 rings (SSSR count). The van der Waals surface area contributed by atoms with Crippen LogP contribution in [0.3, 0.4) is 0 Å². The highest BCUT2D eigenvalue weighted by Crippen LogP contribution is 2.27. The van der Waals surface area contributed by atoms with Gasteiger partial charge in [-0.15, -0.1) is 0 Å². The van der Waals surface area contributed by atoms with Crippen LogP contribution in [0.15, 0.2) is 83.8 Å². The van der Waals surface area contributed by atoms with Crippen molar-refractivity contribution in [3.05, 3.63) is 95.0 Å². The smallest absolute Gasteiger partial charge is 0.264 e. The third-order valence-corrected chi connectivity index (χ3v) is 6.43. The maximum absolute atomic E-state index is 13.3. The zero-order chi connectivity index (χ0) is 20.9. The maximum Gasteiger partial charge on any atom is 0.264 e. The Kier molecular flexibility index (Phi) is 6.56. The number of nitrogens with one attached hydrogen (secondary N) is 1. The second-order valence-electron chi connectivity index (χ2n) is 6.51. The van der Waals surface area contributed by atoms with E-state index in [1.54, 1.807) is 12.1 Å². The molecular formula is C22H21ClN2O3S. The number of carbonyl (C=O) groups excluding carboxylic acids is 1. The average Bonchev–Trinajstić information content (AvgIpc) is 2.72. The number of rotatable bonds is 7. The largest absolute Gasteiger partial charge is 0.350 e. The van der Waals surface area contributed by atoms with E-state index in [4.69, 9.17) is 11.6 Å². The van der Waals surface area contributed by atoms with Crippen molar-refractivity contribution in [3.8, 4) is 0 Å². The minimum atomic E-state index is -3.96. The van der Waals surface area contributed by atoms with Gasteiger partial charge in [-0.05, 0) is 48.4 Å². The zero-order valence-electron chi connectivity index (χ0n) is 15.9. The van der Waals surface area contributed by atoms with Crippen LogP contribution >= 0.6 is 11.6 Å². The summed E-state index contributed by atoms with van der Waals surface area (Å²) >= 11 is 5.89. The van der Waals surface area contributed by atoms with Crippen molar-refractivity contribution in [2.45, 2.75) is 18.4 Å². The molecule has 3 aromatic rings. The first-order valence-corrected chi connectivity index (χ1v) is 10.8. The number of nitrogens with zero attached hydrogens (tertiary/aromatic N) is 1. The Morgan fingerprint density at radius 1 is 0.931 bits per heavy atom. The molecular weight excluding hydrogens is 408 g/mol. The maximum atomic E-state index is 13.3. The number of halogens is 1. The lowest BCUT2D eigenvalue weighted by molar-refractivity contribution is -0.119. The molecule has 7 heteroatoms. The number of benzene rings is 3. The third-order valence-electron chi connectivity index (χ3n) is 4.41. The van der Waals surface area contributed by atoms with Crippen LogP contribution in [0.5, 0.6) is 0 Å². The Hall–Kier alpha value is -2.83. The van der Waals surface area contributed by atoms with Gasteiger partial charge in [0.1, 0.15) is 6.54 Å². The van der Waals surface area contributed by atoms with E-state index in [9.17, 15) is 13.2 Å². The van der Waals surface area contributed by atoms with Gasteiger partial charge in [0.05, 0.1) is 10.6 Å². The summed E-state index contributed by atoms with van der Waals surface area (Å²) in [6.07, 6.45) is 0. The van der Waals surface area contributed by atoms with E-state index >= 15 is 0 Å². The summed E-state index contributed by atoms with van der Waals surface area (Å²) < 4.78 is 27.7. The molecule has 0 aliphatic carbocycles. The highest BCUT2D eigenvalue weighted by atomic mass is 35.5. The van der Waals surface area contributed by atoms with Crippen molar-refractivity contribution in [1.29, 1.82) is 0 Å². The van der Waals surface area contributed by atoms with Crippen molar-refractivity contribution >= 4 is 33.2 Å². The minimum absolute atomic E-state index is 0.0704. The first-order valence-electron chi connectivity index (χ1n) is 9.02. The van der Waals surface area contributed by atoms with Crippen LogP contribution in [0.4, 0.5) is 5.69 Å². The van der Waals surface area contributed by atoms with E-state index in [1.807, 2.05) is 49.4 Å². The van der Waals surface area contributed by atoms with E-state index in [1.165, 1.54) is 24.3 Å². The molecule has 0 bridgehead atoms. The fraction of sp³-hybridized carbons (Fsp3) is 0.136. The first kappa shape index (κ1) is 20.9. The predicted molar refractivity (Wildman–Crippen MR) is 115 cm³/mol. The van der Waals surface area contributed by atoms with Gasteiger partial charge < -0.3 is 5.32 Å². The van der Waals surface area contributed by atoms with Crippen LogP contribution in [0, 0.1) is 6.92 Å². The molecule has 0 atom stereocenters. The summed E-state index contributed by atoms with van der Waals surface area (Å²) in [5.41, 5.74) is 2.14. The molecule has 0 fully saturated rings. The normalized spacial score (nSPS) is 11.1. The molecule has 0 unspecified atom stereocenters. The van der Waals surface area contributed by atoms with Crippen molar-refractivity contribution in [1.82, 2.24) is 5.32 Å². The number of hydrogen-bond acceptors (Lipinski definition) is 3. The van der Waals surface area contributed by atoms with Crippen LogP contribution in [-0.2, 0) is 21.4 Å². The van der Waals surface area contributed by atoms with Crippen LogP contribution in [0.1, 0.15) is 11.1 Å². The van der Waals surface area contributed by atoms with Gasteiger partial charge in [-0.25, -0.2) is 8.42 Å². The van der Waals surface area contributed by atoms with Crippen molar-refractivity contribution < 1.29 is 13.2 Å². The Morgan fingerprint density at radius 2 is 1.55 bits per heavy atom. The van der Waals surface area contributed by atoms with Crippen LogP contribution in [0.2, 0.25) is 5.02 Å². The van der Waals surface area contributed by atoms with E-state index in [0.29, 0.717) is 17.3 Å². The second-order valence-corrected chi connectivity index (χ2v) is 8.81. The average molecular weight is 429 g/mol. The number of sulfonamides is 1. The third kappa shape index (κ3) is 5.16. The molecule has 0 aliphatic heterocycles. The molecule has 3 aromatic carbocycles. The van der Waals surface area contributed by atoms with Gasteiger partial charge in [-0.2, -0.15) is 0 Å². The summed E-state index contributed by atoms with van der Waals surface area (Å²) in [4.78, 5) is 12.7. The fourth-order valence-corrected chi connectivity index (χ4v) is 4.47. The number of anilines is 1. The summed E-state index contributed by atoms with van der Waals surface area (Å²) in [5, 5.41) is 3.22. The number of para-hydroxylation sites is 1. The van der Waals surface area contributed by atoms with Crippen LogP contribution in [-0.4, -0.2) is 20.9 Å². The van der Waals surface area contributed by atoms with Gasteiger partial charge in [0.25, 0.3) is 10.0 Å². The molecule has 1 N–H and O–H groups in total. The molecule has 29 heavy (non-hydrogen) atoms. The Labute approximate surface area is 176 Å². The molecule has 0 saturated heterocycles. The van der Waals surface area contributed by atoms with Crippen LogP contribution in [0.25, 0.3) is 0 Å². The molecule has 150 valence electrons. The quantitative estimate of drug-likeness (QED) is 0.614. The molecule has 0 aromatic heterocycles. The lowest BCUT2D eigenvalue weighted by atomic mass is 10.2. The van der Waals surface area contributed by atoms with Crippen molar-refractivity contribution in [2.24, 2.45) is 0 Å².